The number of nitrogens with zero attached hydrogens (tertiary/aromatic N) is 8. The van der Waals surface area contributed by atoms with E-state index in [9.17, 15) is 0 Å². The monoisotopic (exact) mass is 465 g/mol. The molecular formula is C16H20IN9. The molecule has 1 fully saturated rings. The van der Waals surface area contributed by atoms with Gasteiger partial charge in [0.1, 0.15) is 0 Å². The molecule has 0 unspecified atom stereocenters. The van der Waals surface area contributed by atoms with Gasteiger partial charge in [0.2, 0.25) is 5.95 Å². The number of guanidine groups is 1. The quantitative estimate of drug-likeness (QED) is 0.347. The summed E-state index contributed by atoms with van der Waals surface area (Å²) in [4.78, 5) is 21.6. The Labute approximate surface area is 168 Å². The van der Waals surface area contributed by atoms with Crippen LogP contribution in [0, 0.1) is 0 Å². The fourth-order valence-corrected chi connectivity index (χ4v) is 2.86. The van der Waals surface area contributed by atoms with Gasteiger partial charge in [0.15, 0.2) is 11.6 Å². The molecule has 3 aromatic heterocycles. The van der Waals surface area contributed by atoms with Gasteiger partial charge in [-0.1, -0.05) is 0 Å². The first-order chi connectivity index (χ1) is 12.3. The van der Waals surface area contributed by atoms with Crippen LogP contribution in [0.15, 0.2) is 48.0 Å². The standard InChI is InChI=1S/C16H19N9.HI/c17-15(21-12-13-2-6-18-14-3-7-22-25(13)14)23-8-10-24(11-9-23)16-19-4-1-5-20-16;/h1-7H,8-12H2,(H2,17,21);1H. The highest BCUT2D eigenvalue weighted by atomic mass is 127. The number of nitrogens with two attached hydrogens (primary N) is 1. The van der Waals surface area contributed by atoms with Gasteiger partial charge in [-0.2, -0.15) is 5.10 Å². The van der Waals surface area contributed by atoms with E-state index in [4.69, 9.17) is 5.73 Å². The van der Waals surface area contributed by atoms with Crippen LogP contribution >= 0.6 is 24.0 Å². The van der Waals surface area contributed by atoms with Crippen molar-refractivity contribution in [1.82, 2.24) is 29.5 Å². The van der Waals surface area contributed by atoms with Crippen LogP contribution in [-0.4, -0.2) is 61.6 Å². The van der Waals surface area contributed by atoms with Crippen LogP contribution in [0.5, 0.6) is 0 Å². The third kappa shape index (κ3) is 3.84. The number of rotatable bonds is 3. The van der Waals surface area contributed by atoms with Crippen LogP contribution in [0.3, 0.4) is 0 Å². The molecule has 0 bridgehead atoms. The molecule has 0 radical (unpaired) electrons. The minimum absolute atomic E-state index is 0. The van der Waals surface area contributed by atoms with Crippen LogP contribution in [0.1, 0.15) is 5.69 Å². The van der Waals surface area contributed by atoms with Crippen molar-refractivity contribution in [1.29, 1.82) is 0 Å². The fraction of sp³-hybridized carbons (Fsp3) is 0.312. The summed E-state index contributed by atoms with van der Waals surface area (Å²) < 4.78 is 1.78. The molecule has 0 aliphatic carbocycles. The van der Waals surface area contributed by atoms with E-state index in [1.165, 1.54) is 0 Å². The van der Waals surface area contributed by atoms with Crippen molar-refractivity contribution in [3.63, 3.8) is 0 Å². The van der Waals surface area contributed by atoms with E-state index in [0.29, 0.717) is 12.5 Å². The van der Waals surface area contributed by atoms with Gasteiger partial charge in [-0.15, -0.1) is 24.0 Å². The molecule has 0 spiro atoms. The molecule has 4 heterocycles. The Kier molecular flexibility index (Phi) is 5.81. The number of fused-ring (bicyclic) bond motifs is 1. The molecule has 0 amide bonds. The second kappa shape index (κ2) is 8.25. The molecule has 3 aromatic rings. The summed E-state index contributed by atoms with van der Waals surface area (Å²) in [7, 11) is 0. The van der Waals surface area contributed by atoms with Gasteiger partial charge in [-0.05, 0) is 12.1 Å². The summed E-state index contributed by atoms with van der Waals surface area (Å²) in [6, 6.07) is 5.59. The molecule has 2 N–H and O–H groups in total. The van der Waals surface area contributed by atoms with Crippen molar-refractivity contribution in [2.24, 2.45) is 10.7 Å². The third-order valence-electron chi connectivity index (χ3n) is 4.21. The lowest BCUT2D eigenvalue weighted by Gasteiger charge is -2.35. The lowest BCUT2D eigenvalue weighted by Crippen LogP contribution is -2.51. The van der Waals surface area contributed by atoms with Crippen LogP contribution in [0.2, 0.25) is 0 Å². The van der Waals surface area contributed by atoms with E-state index in [1.54, 1.807) is 29.3 Å². The molecule has 10 heteroatoms. The summed E-state index contributed by atoms with van der Waals surface area (Å²) >= 11 is 0. The van der Waals surface area contributed by atoms with Crippen LogP contribution in [0.4, 0.5) is 5.95 Å². The minimum atomic E-state index is 0. The van der Waals surface area contributed by atoms with E-state index in [0.717, 1.165) is 43.5 Å². The normalized spacial score (nSPS) is 15.2. The first kappa shape index (κ1) is 18.3. The summed E-state index contributed by atoms with van der Waals surface area (Å²) in [6.45, 7) is 3.69. The molecule has 1 aliphatic heterocycles. The predicted molar refractivity (Wildman–Crippen MR) is 110 cm³/mol. The lowest BCUT2D eigenvalue weighted by molar-refractivity contribution is 0.378. The maximum absolute atomic E-state index is 6.18. The molecule has 0 aromatic carbocycles. The topological polar surface area (TPSA) is 101 Å². The van der Waals surface area contributed by atoms with E-state index in [1.807, 2.05) is 18.2 Å². The molecule has 0 atom stereocenters. The first-order valence-electron chi connectivity index (χ1n) is 8.16. The zero-order valence-electron chi connectivity index (χ0n) is 14.1. The number of aliphatic imine (C=N–C) groups is 1. The van der Waals surface area contributed by atoms with Crippen molar-refractivity contribution in [2.75, 3.05) is 31.1 Å². The Morgan fingerprint density at radius 1 is 1.00 bits per heavy atom. The Morgan fingerprint density at radius 3 is 2.54 bits per heavy atom. The van der Waals surface area contributed by atoms with Crippen LogP contribution in [-0.2, 0) is 6.54 Å². The van der Waals surface area contributed by atoms with E-state index >= 15 is 0 Å². The Morgan fingerprint density at radius 2 is 1.77 bits per heavy atom. The number of aromatic nitrogens is 5. The zero-order valence-corrected chi connectivity index (χ0v) is 16.5. The number of hydrogen-bond donors (Lipinski definition) is 1. The highest BCUT2D eigenvalue weighted by molar-refractivity contribution is 14.0. The molecule has 26 heavy (non-hydrogen) atoms. The third-order valence-corrected chi connectivity index (χ3v) is 4.21. The fourth-order valence-electron chi connectivity index (χ4n) is 2.86. The van der Waals surface area contributed by atoms with Crippen molar-refractivity contribution in [2.45, 2.75) is 6.54 Å². The first-order valence-corrected chi connectivity index (χ1v) is 8.16. The van der Waals surface area contributed by atoms with Gasteiger partial charge in [0, 0.05) is 50.8 Å². The summed E-state index contributed by atoms with van der Waals surface area (Å²) in [5.74, 6) is 1.31. The smallest absolute Gasteiger partial charge is 0.225 e. The maximum atomic E-state index is 6.18. The largest absolute Gasteiger partial charge is 0.370 e. The number of anilines is 1. The van der Waals surface area contributed by atoms with E-state index in [-0.39, 0.29) is 24.0 Å². The highest BCUT2D eigenvalue weighted by Crippen LogP contribution is 2.10. The average molecular weight is 465 g/mol. The van der Waals surface area contributed by atoms with Crippen molar-refractivity contribution in [3.05, 3.63) is 48.7 Å². The average Bonchev–Trinajstić information content (AvgIpc) is 3.16. The molecule has 9 nitrogen and oxygen atoms in total. The van der Waals surface area contributed by atoms with Crippen molar-refractivity contribution < 1.29 is 0 Å². The van der Waals surface area contributed by atoms with Crippen LogP contribution in [0.25, 0.3) is 5.65 Å². The Balaban J connectivity index is 0.00000196. The molecule has 1 saturated heterocycles. The maximum Gasteiger partial charge on any atom is 0.225 e. The van der Waals surface area contributed by atoms with E-state index in [2.05, 4.69) is 34.8 Å². The highest BCUT2D eigenvalue weighted by Gasteiger charge is 2.19. The lowest BCUT2D eigenvalue weighted by atomic mass is 10.3. The Bertz CT molecular complexity index is 872. The summed E-state index contributed by atoms with van der Waals surface area (Å²) in [5, 5.41) is 4.26. The number of halogens is 1. The molecule has 1 aliphatic rings. The SMILES string of the molecule is I.NC(=NCc1ccnc2ccnn12)N1CCN(c2ncccn2)CC1. The van der Waals surface area contributed by atoms with Gasteiger partial charge in [0.05, 0.1) is 18.4 Å². The zero-order chi connectivity index (χ0) is 17.1. The van der Waals surface area contributed by atoms with Gasteiger partial charge in [-0.25, -0.2) is 24.5 Å². The van der Waals surface area contributed by atoms with Crippen molar-refractivity contribution in [3.8, 4) is 0 Å². The van der Waals surface area contributed by atoms with Gasteiger partial charge in [0.25, 0.3) is 0 Å². The minimum Gasteiger partial charge on any atom is -0.370 e. The molecule has 4 rings (SSSR count). The molecule has 0 saturated carbocycles. The molecule has 136 valence electrons. The Hall–Kier alpha value is -2.50. The summed E-state index contributed by atoms with van der Waals surface area (Å²) in [5.41, 5.74) is 7.94. The van der Waals surface area contributed by atoms with Gasteiger partial charge >= 0.3 is 0 Å². The van der Waals surface area contributed by atoms with Crippen LogP contribution < -0.4 is 10.6 Å². The van der Waals surface area contributed by atoms with Crippen molar-refractivity contribution >= 4 is 41.5 Å². The van der Waals surface area contributed by atoms with Gasteiger partial charge < -0.3 is 15.5 Å². The van der Waals surface area contributed by atoms with E-state index < -0.39 is 0 Å². The number of hydrogen-bond acceptors (Lipinski definition) is 6. The molecular weight excluding hydrogens is 445 g/mol. The second-order valence-electron chi connectivity index (χ2n) is 5.73. The summed E-state index contributed by atoms with van der Waals surface area (Å²) in [6.07, 6.45) is 7.00. The second-order valence-corrected chi connectivity index (χ2v) is 5.73. The van der Waals surface area contributed by atoms with Gasteiger partial charge in [-0.3, -0.25) is 0 Å². The number of piperazine rings is 1. The predicted octanol–water partition coefficient (Wildman–Crippen LogP) is 0.774.